The highest BCUT2D eigenvalue weighted by Gasteiger charge is 2.07. The molecule has 3 N–H and O–H groups in total. The molecule has 1 rings (SSSR count). The van der Waals surface area contributed by atoms with Gasteiger partial charge in [0.1, 0.15) is 0 Å². The van der Waals surface area contributed by atoms with E-state index < -0.39 is 0 Å². The first-order chi connectivity index (χ1) is 10.3. The van der Waals surface area contributed by atoms with E-state index in [0.717, 1.165) is 5.69 Å². The fraction of sp³-hybridized carbons (Fsp3) is 0.467. The Morgan fingerprint density at radius 3 is 2.50 bits per heavy atom. The Labute approximate surface area is 136 Å². The minimum Gasteiger partial charge on any atom is -0.376 e. The maximum absolute atomic E-state index is 11.7. The third-order valence-electron chi connectivity index (χ3n) is 2.77. The number of hydrogen-bond acceptors (Lipinski definition) is 3. The first-order valence-electron chi connectivity index (χ1n) is 7.10. The zero-order valence-corrected chi connectivity index (χ0v) is 14.1. The van der Waals surface area contributed by atoms with Crippen LogP contribution in [0.4, 0.5) is 16.2 Å². The Balaban J connectivity index is 2.42. The molecular formula is C15H23ClN4O2. The van der Waals surface area contributed by atoms with E-state index in [1.807, 2.05) is 38.9 Å². The molecule has 0 saturated carbocycles. The van der Waals surface area contributed by atoms with Crippen molar-refractivity contribution in [1.82, 2.24) is 10.6 Å². The van der Waals surface area contributed by atoms with Crippen LogP contribution >= 0.6 is 11.6 Å². The summed E-state index contributed by atoms with van der Waals surface area (Å²) in [5.74, 6) is -0.0892. The van der Waals surface area contributed by atoms with E-state index in [9.17, 15) is 9.59 Å². The topological polar surface area (TPSA) is 73.5 Å². The second-order valence-corrected chi connectivity index (χ2v) is 5.82. The van der Waals surface area contributed by atoms with Crippen molar-refractivity contribution in [2.45, 2.75) is 26.3 Å². The molecule has 0 saturated heterocycles. The maximum atomic E-state index is 11.7. The van der Waals surface area contributed by atoms with Crippen LogP contribution in [0.3, 0.4) is 0 Å². The SMILES string of the molecule is CC(C)NC(=O)CCNC(=O)Nc1ccc(N(C)C)c(Cl)c1. The summed E-state index contributed by atoms with van der Waals surface area (Å²) in [6.45, 7) is 4.05. The van der Waals surface area contributed by atoms with Crippen molar-refractivity contribution in [3.63, 3.8) is 0 Å². The fourth-order valence-corrected chi connectivity index (χ4v) is 2.16. The monoisotopic (exact) mass is 326 g/mol. The predicted octanol–water partition coefficient (Wildman–Crippen LogP) is 2.44. The molecule has 0 aliphatic carbocycles. The highest BCUT2D eigenvalue weighted by atomic mass is 35.5. The molecule has 0 aliphatic heterocycles. The van der Waals surface area contributed by atoms with Gasteiger partial charge < -0.3 is 20.9 Å². The lowest BCUT2D eigenvalue weighted by atomic mass is 10.2. The van der Waals surface area contributed by atoms with Crippen LogP contribution in [0.25, 0.3) is 0 Å². The highest BCUT2D eigenvalue weighted by Crippen LogP contribution is 2.27. The zero-order valence-electron chi connectivity index (χ0n) is 13.4. The summed E-state index contributed by atoms with van der Waals surface area (Å²) in [6.07, 6.45) is 0.242. The van der Waals surface area contributed by atoms with Gasteiger partial charge in [-0.05, 0) is 32.0 Å². The highest BCUT2D eigenvalue weighted by molar-refractivity contribution is 6.33. The molecule has 6 nitrogen and oxygen atoms in total. The molecule has 1 aromatic carbocycles. The number of nitrogens with one attached hydrogen (secondary N) is 3. The van der Waals surface area contributed by atoms with Crippen molar-refractivity contribution in [3.05, 3.63) is 23.2 Å². The Hall–Kier alpha value is -1.95. The normalized spacial score (nSPS) is 10.3. The van der Waals surface area contributed by atoms with Gasteiger partial charge in [-0.25, -0.2) is 4.79 Å². The van der Waals surface area contributed by atoms with Crippen LogP contribution in [0.15, 0.2) is 18.2 Å². The van der Waals surface area contributed by atoms with Crippen LogP contribution in [0, 0.1) is 0 Å². The van der Waals surface area contributed by atoms with Gasteiger partial charge in [-0.15, -0.1) is 0 Å². The van der Waals surface area contributed by atoms with Gasteiger partial charge in [-0.3, -0.25) is 4.79 Å². The predicted molar refractivity (Wildman–Crippen MR) is 90.7 cm³/mol. The lowest BCUT2D eigenvalue weighted by Crippen LogP contribution is -2.35. The number of benzene rings is 1. The molecule has 0 aliphatic rings. The molecule has 22 heavy (non-hydrogen) atoms. The van der Waals surface area contributed by atoms with Gasteiger partial charge in [0.15, 0.2) is 0 Å². The van der Waals surface area contributed by atoms with Gasteiger partial charge in [0, 0.05) is 38.8 Å². The molecule has 0 fully saturated rings. The summed E-state index contributed by atoms with van der Waals surface area (Å²) in [7, 11) is 3.78. The number of halogens is 1. The van der Waals surface area contributed by atoms with Crippen molar-refractivity contribution < 1.29 is 9.59 Å². The Morgan fingerprint density at radius 1 is 1.27 bits per heavy atom. The number of amides is 3. The Bertz CT molecular complexity index is 532. The van der Waals surface area contributed by atoms with Gasteiger partial charge in [0.2, 0.25) is 5.91 Å². The zero-order chi connectivity index (χ0) is 16.7. The minimum atomic E-state index is -0.369. The third-order valence-corrected chi connectivity index (χ3v) is 3.08. The number of hydrogen-bond donors (Lipinski definition) is 3. The van der Waals surface area contributed by atoms with Crippen LogP contribution in [-0.4, -0.2) is 38.6 Å². The molecule has 7 heteroatoms. The van der Waals surface area contributed by atoms with Crippen LogP contribution < -0.4 is 20.9 Å². The van der Waals surface area contributed by atoms with E-state index in [-0.39, 0.29) is 30.9 Å². The number of urea groups is 1. The van der Waals surface area contributed by atoms with Gasteiger partial charge in [0.25, 0.3) is 0 Å². The van der Waals surface area contributed by atoms with Crippen molar-refractivity contribution in [3.8, 4) is 0 Å². The summed E-state index contributed by atoms with van der Waals surface area (Å²) < 4.78 is 0. The molecule has 0 spiro atoms. The van der Waals surface area contributed by atoms with Gasteiger partial charge in [-0.1, -0.05) is 11.6 Å². The fourth-order valence-electron chi connectivity index (χ4n) is 1.81. The third kappa shape index (κ3) is 6.22. The summed E-state index contributed by atoms with van der Waals surface area (Å²) in [5.41, 5.74) is 1.47. The molecule has 0 radical (unpaired) electrons. The van der Waals surface area contributed by atoms with E-state index in [0.29, 0.717) is 10.7 Å². The lowest BCUT2D eigenvalue weighted by Gasteiger charge is -2.15. The van der Waals surface area contributed by atoms with Crippen molar-refractivity contribution in [2.75, 3.05) is 30.9 Å². The van der Waals surface area contributed by atoms with Crippen molar-refractivity contribution in [2.24, 2.45) is 0 Å². The summed E-state index contributed by atoms with van der Waals surface area (Å²) in [5, 5.41) is 8.62. The van der Waals surface area contributed by atoms with Crippen LogP contribution in [-0.2, 0) is 4.79 Å². The summed E-state index contributed by atoms with van der Waals surface area (Å²) in [6, 6.07) is 5.01. The molecule has 0 bridgehead atoms. The Kier molecular flexibility index (Phi) is 6.98. The van der Waals surface area contributed by atoms with Crippen LogP contribution in [0.2, 0.25) is 5.02 Å². The molecule has 1 aromatic rings. The molecule has 3 amide bonds. The van der Waals surface area contributed by atoms with Crippen LogP contribution in [0.1, 0.15) is 20.3 Å². The summed E-state index contributed by atoms with van der Waals surface area (Å²) in [4.78, 5) is 25.1. The molecule has 0 unspecified atom stereocenters. The van der Waals surface area contributed by atoms with E-state index in [1.165, 1.54) is 0 Å². The largest absolute Gasteiger partial charge is 0.376 e. The molecule has 0 aromatic heterocycles. The molecule has 0 atom stereocenters. The maximum Gasteiger partial charge on any atom is 0.319 e. The van der Waals surface area contributed by atoms with E-state index in [4.69, 9.17) is 11.6 Å². The lowest BCUT2D eigenvalue weighted by molar-refractivity contribution is -0.121. The van der Waals surface area contributed by atoms with Gasteiger partial charge in [-0.2, -0.15) is 0 Å². The first kappa shape index (κ1) is 18.1. The number of rotatable bonds is 6. The minimum absolute atomic E-state index is 0.0892. The quantitative estimate of drug-likeness (QED) is 0.751. The number of anilines is 2. The van der Waals surface area contributed by atoms with Gasteiger partial charge >= 0.3 is 6.03 Å². The molecule has 122 valence electrons. The van der Waals surface area contributed by atoms with Crippen molar-refractivity contribution >= 4 is 34.9 Å². The Morgan fingerprint density at radius 2 is 1.95 bits per heavy atom. The van der Waals surface area contributed by atoms with E-state index in [2.05, 4.69) is 16.0 Å². The standard InChI is InChI=1S/C15H23ClN4O2/c1-10(2)18-14(21)7-8-17-15(22)19-11-5-6-13(20(3)4)12(16)9-11/h5-6,9-10H,7-8H2,1-4H3,(H,18,21)(H2,17,19,22). The average Bonchev–Trinajstić information content (AvgIpc) is 2.37. The second kappa shape index (κ2) is 8.48. The van der Waals surface area contributed by atoms with E-state index >= 15 is 0 Å². The number of carbonyl (C=O) groups excluding carboxylic acids is 2. The van der Waals surface area contributed by atoms with Crippen LogP contribution in [0.5, 0.6) is 0 Å². The average molecular weight is 327 g/mol. The van der Waals surface area contributed by atoms with Gasteiger partial charge in [0.05, 0.1) is 10.7 Å². The number of nitrogens with zero attached hydrogens (tertiary/aromatic N) is 1. The smallest absolute Gasteiger partial charge is 0.319 e. The number of carbonyl (C=O) groups is 2. The van der Waals surface area contributed by atoms with E-state index in [1.54, 1.807) is 12.1 Å². The summed E-state index contributed by atoms with van der Waals surface area (Å²) >= 11 is 6.14. The molecule has 0 heterocycles. The first-order valence-corrected chi connectivity index (χ1v) is 7.48. The molecular weight excluding hydrogens is 304 g/mol. The second-order valence-electron chi connectivity index (χ2n) is 5.41. The van der Waals surface area contributed by atoms with Crippen molar-refractivity contribution in [1.29, 1.82) is 0 Å².